The second-order valence-electron chi connectivity index (χ2n) is 7.62. The molecule has 1 unspecified atom stereocenters. The number of benzene rings is 3. The Hall–Kier alpha value is -4.50. The Morgan fingerprint density at radius 2 is 1.43 bits per heavy atom. The first-order valence-corrected chi connectivity index (χ1v) is 10.6. The third-order valence-corrected chi connectivity index (χ3v) is 5.22. The standard InChI is InChI=1S/C26H26N2O7/c1-34-21-11-17(12-22(15-21)35-2)13-23(18-5-9-20(30)10-6-18)25(31)27-24(26(32)28-33)14-16-3-7-19(29)8-4-16/h3-13,15,24,29-30,33H,14H2,1-2H3,(H,27,31)(H,28,32)/b23-13-. The van der Waals surface area contributed by atoms with Gasteiger partial charge in [0.1, 0.15) is 29.0 Å². The predicted octanol–water partition coefficient (Wildman–Crippen LogP) is 2.89. The van der Waals surface area contributed by atoms with E-state index in [9.17, 15) is 25.0 Å². The van der Waals surface area contributed by atoms with Gasteiger partial charge in [0.25, 0.3) is 11.8 Å². The average Bonchev–Trinajstić information content (AvgIpc) is 2.87. The van der Waals surface area contributed by atoms with Crippen LogP contribution < -0.4 is 20.3 Å². The molecule has 0 aliphatic carbocycles. The molecule has 0 aliphatic rings. The molecule has 0 aromatic heterocycles. The first-order valence-electron chi connectivity index (χ1n) is 10.6. The minimum Gasteiger partial charge on any atom is -0.508 e. The lowest BCUT2D eigenvalue weighted by Crippen LogP contribution is -2.47. The van der Waals surface area contributed by atoms with Crippen LogP contribution in [0.4, 0.5) is 0 Å². The van der Waals surface area contributed by atoms with E-state index in [0.29, 0.717) is 28.2 Å². The molecule has 9 heteroatoms. The lowest BCUT2D eigenvalue weighted by Gasteiger charge is -2.18. The van der Waals surface area contributed by atoms with Gasteiger partial charge in [0.2, 0.25) is 0 Å². The molecule has 3 aromatic carbocycles. The second-order valence-corrected chi connectivity index (χ2v) is 7.62. The van der Waals surface area contributed by atoms with Gasteiger partial charge in [-0.15, -0.1) is 0 Å². The molecule has 3 aromatic rings. The molecule has 0 bridgehead atoms. The maximum absolute atomic E-state index is 13.4. The Balaban J connectivity index is 1.99. The van der Waals surface area contributed by atoms with E-state index in [1.54, 1.807) is 54.0 Å². The number of hydrogen-bond donors (Lipinski definition) is 5. The number of phenols is 2. The van der Waals surface area contributed by atoms with E-state index in [-0.39, 0.29) is 23.5 Å². The lowest BCUT2D eigenvalue weighted by atomic mass is 10.00. The van der Waals surface area contributed by atoms with Gasteiger partial charge in [0.15, 0.2) is 0 Å². The molecule has 0 saturated heterocycles. The summed E-state index contributed by atoms with van der Waals surface area (Å²) in [6.45, 7) is 0. The minimum atomic E-state index is -1.11. The lowest BCUT2D eigenvalue weighted by molar-refractivity contribution is -0.133. The number of hydrogen-bond acceptors (Lipinski definition) is 7. The van der Waals surface area contributed by atoms with Crippen LogP contribution in [-0.4, -0.2) is 47.5 Å². The number of methoxy groups -OCH3 is 2. The third kappa shape index (κ3) is 6.75. The number of carbonyl (C=O) groups is 2. The number of carbonyl (C=O) groups excluding carboxylic acids is 2. The Morgan fingerprint density at radius 3 is 1.94 bits per heavy atom. The van der Waals surface area contributed by atoms with Crippen molar-refractivity contribution in [1.82, 2.24) is 10.8 Å². The molecule has 0 fully saturated rings. The minimum absolute atomic E-state index is 0.0291. The van der Waals surface area contributed by atoms with E-state index in [4.69, 9.17) is 9.47 Å². The van der Waals surface area contributed by atoms with Gasteiger partial charge < -0.3 is 25.0 Å². The normalized spacial score (nSPS) is 11.9. The van der Waals surface area contributed by atoms with Crippen LogP contribution in [0.3, 0.4) is 0 Å². The average molecular weight is 479 g/mol. The Morgan fingerprint density at radius 1 is 0.886 bits per heavy atom. The predicted molar refractivity (Wildman–Crippen MR) is 129 cm³/mol. The van der Waals surface area contributed by atoms with Gasteiger partial charge in [0.05, 0.1) is 14.2 Å². The van der Waals surface area contributed by atoms with E-state index >= 15 is 0 Å². The molecule has 0 aliphatic heterocycles. The summed E-state index contributed by atoms with van der Waals surface area (Å²) in [6, 6.07) is 16.2. The molecule has 2 amide bonds. The highest BCUT2D eigenvalue weighted by atomic mass is 16.5. The van der Waals surface area contributed by atoms with Crippen LogP contribution >= 0.6 is 0 Å². The van der Waals surface area contributed by atoms with Gasteiger partial charge in [-0.25, -0.2) is 5.48 Å². The quantitative estimate of drug-likeness (QED) is 0.138. The van der Waals surface area contributed by atoms with E-state index in [0.717, 1.165) is 0 Å². The number of rotatable bonds is 9. The first-order chi connectivity index (χ1) is 16.8. The van der Waals surface area contributed by atoms with Crippen molar-refractivity contribution >= 4 is 23.5 Å². The van der Waals surface area contributed by atoms with Crippen LogP contribution in [0.2, 0.25) is 0 Å². The van der Waals surface area contributed by atoms with E-state index < -0.39 is 17.9 Å². The van der Waals surface area contributed by atoms with E-state index in [2.05, 4.69) is 5.32 Å². The van der Waals surface area contributed by atoms with E-state index in [1.165, 1.54) is 38.5 Å². The number of phenolic OH excluding ortho intramolecular Hbond substituents is 2. The molecule has 0 heterocycles. The summed E-state index contributed by atoms with van der Waals surface area (Å²) in [4.78, 5) is 25.7. The maximum Gasteiger partial charge on any atom is 0.266 e. The molecule has 1 atom stereocenters. The largest absolute Gasteiger partial charge is 0.508 e. The topological polar surface area (TPSA) is 137 Å². The number of hydroxylamine groups is 1. The van der Waals surface area contributed by atoms with Crippen molar-refractivity contribution in [2.24, 2.45) is 0 Å². The zero-order chi connectivity index (χ0) is 25.4. The van der Waals surface area contributed by atoms with Gasteiger partial charge in [-0.3, -0.25) is 14.8 Å². The van der Waals surface area contributed by atoms with E-state index in [1.807, 2.05) is 0 Å². The van der Waals surface area contributed by atoms with Crippen LogP contribution in [0.5, 0.6) is 23.0 Å². The smallest absolute Gasteiger partial charge is 0.266 e. The molecule has 0 spiro atoms. The van der Waals surface area contributed by atoms with Crippen LogP contribution in [0.15, 0.2) is 66.7 Å². The van der Waals surface area contributed by atoms with Crippen molar-refractivity contribution in [3.63, 3.8) is 0 Å². The van der Waals surface area contributed by atoms with Crippen molar-refractivity contribution in [2.75, 3.05) is 14.2 Å². The van der Waals surface area contributed by atoms with Crippen molar-refractivity contribution < 1.29 is 34.5 Å². The SMILES string of the molecule is COc1cc(/C=C(\C(=O)NC(Cc2ccc(O)cc2)C(=O)NO)c2ccc(O)cc2)cc(OC)c1. The summed E-state index contributed by atoms with van der Waals surface area (Å²) in [6.07, 6.45) is 1.66. The fourth-order valence-corrected chi connectivity index (χ4v) is 3.39. The second kappa shape index (κ2) is 11.6. The van der Waals surface area contributed by atoms with Gasteiger partial charge >= 0.3 is 0 Å². The Bertz CT molecular complexity index is 1180. The molecule has 182 valence electrons. The van der Waals surface area contributed by atoms with Crippen LogP contribution in [0, 0.1) is 0 Å². The number of ether oxygens (including phenoxy) is 2. The van der Waals surface area contributed by atoms with Crippen LogP contribution in [0.25, 0.3) is 11.6 Å². The third-order valence-electron chi connectivity index (χ3n) is 5.22. The fraction of sp³-hybridized carbons (Fsp3) is 0.154. The monoisotopic (exact) mass is 478 g/mol. The highest BCUT2D eigenvalue weighted by molar-refractivity contribution is 6.24. The van der Waals surface area contributed by atoms with Gasteiger partial charge in [-0.1, -0.05) is 24.3 Å². The molecule has 35 heavy (non-hydrogen) atoms. The van der Waals surface area contributed by atoms with Crippen molar-refractivity contribution in [3.8, 4) is 23.0 Å². The van der Waals surface area contributed by atoms with Gasteiger partial charge in [0, 0.05) is 18.1 Å². The summed E-state index contributed by atoms with van der Waals surface area (Å²) >= 11 is 0. The zero-order valence-electron chi connectivity index (χ0n) is 19.2. The Labute approximate surface area is 202 Å². The van der Waals surface area contributed by atoms with Crippen molar-refractivity contribution in [3.05, 3.63) is 83.4 Å². The summed E-state index contributed by atoms with van der Waals surface area (Å²) < 4.78 is 10.6. The highest BCUT2D eigenvalue weighted by Gasteiger charge is 2.23. The summed E-state index contributed by atoms with van der Waals surface area (Å²) in [5.41, 5.74) is 3.51. The molecular formula is C26H26N2O7. The van der Waals surface area contributed by atoms with Crippen LogP contribution in [-0.2, 0) is 16.0 Å². The maximum atomic E-state index is 13.4. The molecular weight excluding hydrogens is 452 g/mol. The zero-order valence-corrected chi connectivity index (χ0v) is 19.2. The Kier molecular flexibility index (Phi) is 8.31. The first kappa shape index (κ1) is 25.1. The fourth-order valence-electron chi connectivity index (χ4n) is 3.39. The number of aromatic hydroxyl groups is 2. The van der Waals surface area contributed by atoms with Crippen LogP contribution in [0.1, 0.15) is 16.7 Å². The van der Waals surface area contributed by atoms with Crippen molar-refractivity contribution in [1.29, 1.82) is 0 Å². The molecule has 9 nitrogen and oxygen atoms in total. The number of amides is 2. The summed E-state index contributed by atoms with van der Waals surface area (Å²) in [5.74, 6) is -0.269. The molecule has 0 radical (unpaired) electrons. The summed E-state index contributed by atoms with van der Waals surface area (Å²) in [5, 5.41) is 31.0. The van der Waals surface area contributed by atoms with Gasteiger partial charge in [-0.2, -0.15) is 0 Å². The number of nitrogens with one attached hydrogen (secondary N) is 2. The molecule has 5 N–H and O–H groups in total. The molecule has 0 saturated carbocycles. The summed E-state index contributed by atoms with van der Waals surface area (Å²) in [7, 11) is 3.02. The molecule has 3 rings (SSSR count). The highest BCUT2D eigenvalue weighted by Crippen LogP contribution is 2.27. The van der Waals surface area contributed by atoms with Crippen molar-refractivity contribution in [2.45, 2.75) is 12.5 Å². The van der Waals surface area contributed by atoms with Gasteiger partial charge in [-0.05, 0) is 59.2 Å².